The van der Waals surface area contributed by atoms with Crippen molar-refractivity contribution in [2.75, 3.05) is 0 Å². The Morgan fingerprint density at radius 1 is 1.23 bits per heavy atom. The van der Waals surface area contributed by atoms with Gasteiger partial charge in [0.25, 0.3) is 5.56 Å². The van der Waals surface area contributed by atoms with E-state index in [9.17, 15) is 9.59 Å². The molecule has 0 amide bonds. The maximum Gasteiger partial charge on any atom is 0.328 e. The van der Waals surface area contributed by atoms with Gasteiger partial charge in [0.2, 0.25) is 0 Å². The summed E-state index contributed by atoms with van der Waals surface area (Å²) in [6.07, 6.45) is 5.25. The Labute approximate surface area is 128 Å². The number of rotatable bonds is 3. The minimum Gasteiger partial charge on any atom is -0.461 e. The Morgan fingerprint density at radius 3 is 2.64 bits per heavy atom. The molecule has 1 aromatic carbocycles. The number of benzene rings is 1. The van der Waals surface area contributed by atoms with Gasteiger partial charge in [-0.1, -0.05) is 24.6 Å². The molecule has 5 nitrogen and oxygen atoms in total. The normalized spacial score (nSPS) is 15.9. The van der Waals surface area contributed by atoms with Crippen LogP contribution in [0.1, 0.15) is 37.8 Å². The molecule has 0 atom stereocenters. The van der Waals surface area contributed by atoms with Crippen molar-refractivity contribution < 1.29 is 9.53 Å². The van der Waals surface area contributed by atoms with Gasteiger partial charge in [-0.3, -0.25) is 9.59 Å². The smallest absolute Gasteiger partial charge is 0.328 e. The molecule has 5 heteroatoms. The van der Waals surface area contributed by atoms with E-state index in [2.05, 4.69) is 5.10 Å². The molecule has 1 heterocycles. The van der Waals surface area contributed by atoms with Crippen molar-refractivity contribution in [3.05, 3.63) is 40.3 Å². The fourth-order valence-electron chi connectivity index (χ4n) is 3.04. The van der Waals surface area contributed by atoms with Crippen LogP contribution in [0.25, 0.3) is 10.8 Å². The number of aryl methyl sites for hydroxylation is 1. The molecule has 116 valence electrons. The highest BCUT2D eigenvalue weighted by atomic mass is 16.5. The van der Waals surface area contributed by atoms with Crippen molar-refractivity contribution in [3.8, 4) is 0 Å². The van der Waals surface area contributed by atoms with E-state index in [1.807, 2.05) is 25.1 Å². The van der Waals surface area contributed by atoms with Crippen molar-refractivity contribution in [2.24, 2.45) is 0 Å². The molecule has 22 heavy (non-hydrogen) atoms. The minimum atomic E-state index is -0.379. The molecule has 3 rings (SSSR count). The van der Waals surface area contributed by atoms with Crippen molar-refractivity contribution in [1.29, 1.82) is 0 Å². The lowest BCUT2D eigenvalue weighted by Gasteiger charge is -2.21. The summed E-state index contributed by atoms with van der Waals surface area (Å²) < 4.78 is 6.67. The summed E-state index contributed by atoms with van der Waals surface area (Å²) >= 11 is 0. The molecule has 1 fully saturated rings. The van der Waals surface area contributed by atoms with Gasteiger partial charge < -0.3 is 4.74 Å². The maximum absolute atomic E-state index is 12.4. The van der Waals surface area contributed by atoms with Crippen LogP contribution in [0.2, 0.25) is 0 Å². The quantitative estimate of drug-likeness (QED) is 0.817. The predicted octanol–water partition coefficient (Wildman–Crippen LogP) is 2.58. The van der Waals surface area contributed by atoms with Crippen molar-refractivity contribution in [1.82, 2.24) is 9.78 Å². The van der Waals surface area contributed by atoms with E-state index in [4.69, 9.17) is 4.74 Å². The third kappa shape index (κ3) is 3.03. The molecule has 1 aromatic heterocycles. The van der Waals surface area contributed by atoms with Crippen molar-refractivity contribution in [2.45, 2.75) is 51.7 Å². The Kier molecular flexibility index (Phi) is 4.22. The maximum atomic E-state index is 12.4. The molecular weight excluding hydrogens is 280 g/mol. The number of nitrogens with zero attached hydrogens (tertiary/aromatic N) is 2. The van der Waals surface area contributed by atoms with E-state index in [-0.39, 0.29) is 24.2 Å². The van der Waals surface area contributed by atoms with Gasteiger partial charge in [-0.25, -0.2) is 4.68 Å². The molecule has 0 N–H and O–H groups in total. The first-order chi connectivity index (χ1) is 10.6. The Balaban J connectivity index is 1.80. The molecule has 0 saturated heterocycles. The third-order valence-electron chi connectivity index (χ3n) is 4.18. The van der Waals surface area contributed by atoms with E-state index in [1.165, 1.54) is 11.1 Å². The van der Waals surface area contributed by atoms with E-state index < -0.39 is 0 Å². The van der Waals surface area contributed by atoms with Crippen LogP contribution in [0.5, 0.6) is 0 Å². The summed E-state index contributed by atoms with van der Waals surface area (Å²) in [5, 5.41) is 5.64. The Morgan fingerprint density at radius 2 is 1.91 bits per heavy atom. The average molecular weight is 300 g/mol. The average Bonchev–Trinajstić information content (AvgIpc) is 2.53. The van der Waals surface area contributed by atoms with Gasteiger partial charge in [0.05, 0.1) is 11.1 Å². The monoisotopic (exact) mass is 300 g/mol. The van der Waals surface area contributed by atoms with Gasteiger partial charge in [-0.2, -0.15) is 5.10 Å². The van der Waals surface area contributed by atoms with Crippen LogP contribution in [0.15, 0.2) is 29.1 Å². The lowest BCUT2D eigenvalue weighted by molar-refractivity contribution is -0.151. The Bertz CT molecular complexity index is 745. The predicted molar refractivity (Wildman–Crippen MR) is 83.7 cm³/mol. The topological polar surface area (TPSA) is 61.2 Å². The molecule has 0 unspecified atom stereocenters. The number of carbonyl (C=O) groups is 1. The lowest BCUT2D eigenvalue weighted by atomic mass is 9.98. The molecular formula is C17H20N2O3. The standard InChI is InChI=1S/C17H20N2O3/c1-12-14-9-5-6-10-15(14)17(21)19(18-12)11-16(20)22-13-7-3-2-4-8-13/h5-6,9-10,13H,2-4,7-8,11H2,1H3. The van der Waals surface area contributed by atoms with E-state index in [1.54, 1.807) is 6.07 Å². The minimum absolute atomic E-state index is 0.00138. The van der Waals surface area contributed by atoms with Crippen LogP contribution < -0.4 is 5.56 Å². The summed E-state index contributed by atoms with van der Waals surface area (Å²) in [6, 6.07) is 7.31. The number of esters is 1. The molecule has 1 saturated carbocycles. The van der Waals surface area contributed by atoms with E-state index >= 15 is 0 Å². The summed E-state index contributed by atoms with van der Waals surface area (Å²) in [7, 11) is 0. The first-order valence-electron chi connectivity index (χ1n) is 7.81. The largest absolute Gasteiger partial charge is 0.461 e. The highest BCUT2D eigenvalue weighted by Crippen LogP contribution is 2.20. The first kappa shape index (κ1) is 14.8. The number of carbonyl (C=O) groups excluding carboxylic acids is 1. The van der Waals surface area contributed by atoms with Crippen LogP contribution >= 0.6 is 0 Å². The molecule has 0 bridgehead atoms. The summed E-state index contributed by atoms with van der Waals surface area (Å²) in [6.45, 7) is 1.71. The van der Waals surface area contributed by atoms with Crippen LogP contribution in [-0.4, -0.2) is 21.9 Å². The zero-order valence-electron chi connectivity index (χ0n) is 12.7. The van der Waals surface area contributed by atoms with E-state index in [0.717, 1.165) is 36.8 Å². The molecule has 0 aliphatic heterocycles. The SMILES string of the molecule is Cc1nn(CC(=O)OC2CCCCC2)c(=O)c2ccccc12. The number of aromatic nitrogens is 2. The van der Waals surface area contributed by atoms with Gasteiger partial charge in [0, 0.05) is 5.39 Å². The molecule has 0 spiro atoms. The van der Waals surface area contributed by atoms with Gasteiger partial charge in [-0.15, -0.1) is 0 Å². The highest BCUT2D eigenvalue weighted by molar-refractivity contribution is 5.83. The first-order valence-corrected chi connectivity index (χ1v) is 7.81. The van der Waals surface area contributed by atoms with Crippen molar-refractivity contribution in [3.63, 3.8) is 0 Å². The zero-order chi connectivity index (χ0) is 15.5. The number of ether oxygens (including phenoxy) is 1. The van der Waals surface area contributed by atoms with Crippen molar-refractivity contribution >= 4 is 16.7 Å². The van der Waals surface area contributed by atoms with E-state index in [0.29, 0.717) is 5.39 Å². The summed E-state index contributed by atoms with van der Waals surface area (Å²) in [5.74, 6) is -0.379. The second-order valence-corrected chi connectivity index (χ2v) is 5.84. The third-order valence-corrected chi connectivity index (χ3v) is 4.18. The Hall–Kier alpha value is -2.17. The number of fused-ring (bicyclic) bond motifs is 1. The molecule has 2 aromatic rings. The second kappa shape index (κ2) is 6.30. The molecule has 0 radical (unpaired) electrons. The lowest BCUT2D eigenvalue weighted by Crippen LogP contribution is -2.30. The van der Waals surface area contributed by atoms with Gasteiger partial charge >= 0.3 is 5.97 Å². The molecule has 1 aliphatic rings. The fourth-order valence-corrected chi connectivity index (χ4v) is 3.04. The van der Waals surface area contributed by atoms with Crippen LogP contribution in [-0.2, 0) is 16.1 Å². The fraction of sp³-hybridized carbons (Fsp3) is 0.471. The van der Waals surface area contributed by atoms with Gasteiger partial charge in [0.1, 0.15) is 12.6 Å². The van der Waals surface area contributed by atoms with Crippen LogP contribution in [0.3, 0.4) is 0 Å². The number of hydrogen-bond donors (Lipinski definition) is 0. The number of hydrogen-bond acceptors (Lipinski definition) is 4. The van der Waals surface area contributed by atoms with Gasteiger partial charge in [0.15, 0.2) is 0 Å². The van der Waals surface area contributed by atoms with Gasteiger partial charge in [-0.05, 0) is 38.7 Å². The molecule has 1 aliphatic carbocycles. The summed E-state index contributed by atoms with van der Waals surface area (Å²) in [5.41, 5.74) is 0.488. The second-order valence-electron chi connectivity index (χ2n) is 5.84. The van der Waals surface area contributed by atoms with Crippen LogP contribution in [0.4, 0.5) is 0 Å². The summed E-state index contributed by atoms with van der Waals surface area (Å²) in [4.78, 5) is 24.5. The zero-order valence-corrected chi connectivity index (χ0v) is 12.7. The highest BCUT2D eigenvalue weighted by Gasteiger charge is 2.19. The van der Waals surface area contributed by atoms with Crippen LogP contribution in [0, 0.1) is 6.92 Å².